The van der Waals surface area contributed by atoms with Crippen molar-refractivity contribution in [2.24, 2.45) is 13.0 Å². The number of rotatable bonds is 8. The highest BCUT2D eigenvalue weighted by Crippen LogP contribution is 2.07. The molecule has 1 heterocycles. The largest absolute Gasteiger partial charge is 0.458 e. The predicted molar refractivity (Wildman–Crippen MR) is 68.0 cm³/mol. The van der Waals surface area contributed by atoms with Gasteiger partial charge in [-0.05, 0) is 18.9 Å². The molecule has 0 spiro atoms. The molecule has 5 nitrogen and oxygen atoms in total. The minimum absolute atomic E-state index is 0.154. The average Bonchev–Trinajstić information content (AvgIpc) is 2.63. The summed E-state index contributed by atoms with van der Waals surface area (Å²) >= 11 is 0. The molecule has 0 radical (unpaired) electrons. The molecule has 0 aliphatic rings. The lowest BCUT2D eigenvalue weighted by atomic mass is 10.2. The maximum atomic E-state index is 5.75. The van der Waals surface area contributed by atoms with Crippen LogP contribution < -0.4 is 10.1 Å². The van der Waals surface area contributed by atoms with Crippen LogP contribution in [0.5, 0.6) is 6.01 Å². The fourth-order valence-electron chi connectivity index (χ4n) is 1.58. The maximum absolute atomic E-state index is 5.75. The first-order valence-electron chi connectivity index (χ1n) is 6.34. The lowest BCUT2D eigenvalue weighted by molar-refractivity contribution is 0.169. The molecular formula is C12H24N4O. The number of aromatic nitrogens is 3. The lowest BCUT2D eigenvalue weighted by Crippen LogP contribution is -2.33. The van der Waals surface area contributed by atoms with Gasteiger partial charge >= 0.3 is 6.01 Å². The molecule has 0 fully saturated rings. The standard InChI is InChI=1S/C12H24N4O/c1-5-6-11(8-13-7-10(2)3)17-12-14-9-16(4)15-12/h9-11,13H,5-8H2,1-4H3. The van der Waals surface area contributed by atoms with Crippen molar-refractivity contribution in [2.75, 3.05) is 13.1 Å². The monoisotopic (exact) mass is 240 g/mol. The van der Waals surface area contributed by atoms with Gasteiger partial charge in [-0.1, -0.05) is 27.2 Å². The van der Waals surface area contributed by atoms with Crippen LogP contribution in [0.25, 0.3) is 0 Å². The van der Waals surface area contributed by atoms with Crippen molar-refractivity contribution in [2.45, 2.75) is 39.7 Å². The van der Waals surface area contributed by atoms with Gasteiger partial charge in [-0.25, -0.2) is 0 Å². The van der Waals surface area contributed by atoms with E-state index in [4.69, 9.17) is 4.74 Å². The van der Waals surface area contributed by atoms with Crippen LogP contribution in [0.15, 0.2) is 6.33 Å². The Kier molecular flexibility index (Phi) is 5.97. The van der Waals surface area contributed by atoms with E-state index in [-0.39, 0.29) is 6.10 Å². The summed E-state index contributed by atoms with van der Waals surface area (Å²) in [5, 5.41) is 7.54. The molecule has 1 unspecified atom stereocenters. The highest BCUT2D eigenvalue weighted by Gasteiger charge is 2.11. The lowest BCUT2D eigenvalue weighted by Gasteiger charge is -2.17. The van der Waals surface area contributed by atoms with Crippen molar-refractivity contribution < 1.29 is 4.74 Å². The van der Waals surface area contributed by atoms with Crippen LogP contribution in [0.3, 0.4) is 0 Å². The molecule has 0 aliphatic heterocycles. The zero-order chi connectivity index (χ0) is 12.7. The van der Waals surface area contributed by atoms with Crippen molar-refractivity contribution in [3.8, 4) is 6.01 Å². The van der Waals surface area contributed by atoms with E-state index in [0.29, 0.717) is 11.9 Å². The Morgan fingerprint density at radius 3 is 2.71 bits per heavy atom. The Hall–Kier alpha value is -1.10. The van der Waals surface area contributed by atoms with Crippen molar-refractivity contribution in [3.05, 3.63) is 6.33 Å². The van der Waals surface area contributed by atoms with E-state index < -0.39 is 0 Å². The molecule has 1 aromatic heterocycles. The van der Waals surface area contributed by atoms with E-state index in [1.165, 1.54) is 0 Å². The zero-order valence-corrected chi connectivity index (χ0v) is 11.3. The molecule has 1 atom stereocenters. The first-order chi connectivity index (χ1) is 8.11. The Morgan fingerprint density at radius 2 is 2.18 bits per heavy atom. The Morgan fingerprint density at radius 1 is 1.41 bits per heavy atom. The molecule has 1 aromatic rings. The van der Waals surface area contributed by atoms with Crippen LogP contribution in [-0.2, 0) is 7.05 Å². The fraction of sp³-hybridized carbons (Fsp3) is 0.833. The third kappa shape index (κ3) is 5.68. The molecule has 0 aromatic carbocycles. The van der Waals surface area contributed by atoms with Gasteiger partial charge in [-0.2, -0.15) is 4.98 Å². The number of nitrogens with zero attached hydrogens (tertiary/aromatic N) is 3. The SMILES string of the molecule is CCCC(CNCC(C)C)Oc1ncn(C)n1. The number of hydrogen-bond acceptors (Lipinski definition) is 4. The average molecular weight is 240 g/mol. The zero-order valence-electron chi connectivity index (χ0n) is 11.3. The van der Waals surface area contributed by atoms with E-state index in [0.717, 1.165) is 25.9 Å². The second-order valence-corrected chi connectivity index (χ2v) is 4.78. The first kappa shape index (κ1) is 14.0. The maximum Gasteiger partial charge on any atom is 0.335 e. The van der Waals surface area contributed by atoms with Crippen LogP contribution in [0.2, 0.25) is 0 Å². The molecule has 1 rings (SSSR count). The van der Waals surface area contributed by atoms with E-state index in [9.17, 15) is 0 Å². The summed E-state index contributed by atoms with van der Waals surface area (Å²) in [7, 11) is 1.84. The van der Waals surface area contributed by atoms with Crippen molar-refractivity contribution in [1.82, 2.24) is 20.1 Å². The number of nitrogens with one attached hydrogen (secondary N) is 1. The van der Waals surface area contributed by atoms with Gasteiger partial charge in [0.2, 0.25) is 0 Å². The summed E-state index contributed by atoms with van der Waals surface area (Å²) < 4.78 is 7.40. The summed E-state index contributed by atoms with van der Waals surface area (Å²) in [5.41, 5.74) is 0. The van der Waals surface area contributed by atoms with Crippen LogP contribution in [0.1, 0.15) is 33.6 Å². The number of hydrogen-bond donors (Lipinski definition) is 1. The Labute approximate surface area is 104 Å². The molecule has 5 heteroatoms. The van der Waals surface area contributed by atoms with Gasteiger partial charge in [-0.3, -0.25) is 4.68 Å². The highest BCUT2D eigenvalue weighted by atomic mass is 16.5. The minimum atomic E-state index is 0.154. The molecule has 0 saturated carbocycles. The molecule has 0 saturated heterocycles. The van der Waals surface area contributed by atoms with Crippen LogP contribution >= 0.6 is 0 Å². The van der Waals surface area contributed by atoms with Gasteiger partial charge in [0, 0.05) is 13.6 Å². The molecule has 17 heavy (non-hydrogen) atoms. The van der Waals surface area contributed by atoms with Gasteiger partial charge < -0.3 is 10.1 Å². The van der Waals surface area contributed by atoms with E-state index in [2.05, 4.69) is 36.2 Å². The van der Waals surface area contributed by atoms with Crippen molar-refractivity contribution in [1.29, 1.82) is 0 Å². The van der Waals surface area contributed by atoms with Crippen LogP contribution in [-0.4, -0.2) is 34.0 Å². The van der Waals surface area contributed by atoms with E-state index in [1.54, 1.807) is 11.0 Å². The van der Waals surface area contributed by atoms with E-state index >= 15 is 0 Å². The molecule has 0 amide bonds. The Balaban J connectivity index is 2.37. The van der Waals surface area contributed by atoms with Crippen LogP contribution in [0, 0.1) is 5.92 Å². The van der Waals surface area contributed by atoms with Gasteiger partial charge in [-0.15, -0.1) is 5.10 Å². The number of aryl methyl sites for hydroxylation is 1. The van der Waals surface area contributed by atoms with Crippen LogP contribution in [0.4, 0.5) is 0 Å². The predicted octanol–water partition coefficient (Wildman–Crippen LogP) is 1.61. The summed E-state index contributed by atoms with van der Waals surface area (Å²) in [5.74, 6) is 0.658. The normalized spacial score (nSPS) is 13.0. The summed E-state index contributed by atoms with van der Waals surface area (Å²) in [6.07, 6.45) is 3.92. The summed E-state index contributed by atoms with van der Waals surface area (Å²) in [6, 6.07) is 0.470. The number of ether oxygens (including phenoxy) is 1. The van der Waals surface area contributed by atoms with E-state index in [1.807, 2.05) is 7.05 Å². The van der Waals surface area contributed by atoms with Gasteiger partial charge in [0.25, 0.3) is 0 Å². The fourth-order valence-corrected chi connectivity index (χ4v) is 1.58. The molecule has 0 aliphatic carbocycles. The molecule has 98 valence electrons. The van der Waals surface area contributed by atoms with Gasteiger partial charge in [0.1, 0.15) is 12.4 Å². The smallest absolute Gasteiger partial charge is 0.335 e. The second-order valence-electron chi connectivity index (χ2n) is 4.78. The van der Waals surface area contributed by atoms with Crippen molar-refractivity contribution in [3.63, 3.8) is 0 Å². The second kappa shape index (κ2) is 7.27. The topological polar surface area (TPSA) is 52.0 Å². The minimum Gasteiger partial charge on any atom is -0.458 e. The molecule has 1 N–H and O–H groups in total. The summed E-state index contributed by atoms with van der Waals surface area (Å²) in [4.78, 5) is 4.08. The molecular weight excluding hydrogens is 216 g/mol. The first-order valence-corrected chi connectivity index (χ1v) is 6.34. The third-order valence-corrected chi connectivity index (χ3v) is 2.39. The highest BCUT2D eigenvalue weighted by molar-refractivity contribution is 4.89. The summed E-state index contributed by atoms with van der Waals surface area (Å²) in [6.45, 7) is 8.42. The van der Waals surface area contributed by atoms with Gasteiger partial charge in [0.15, 0.2) is 0 Å². The Bertz CT molecular complexity index is 311. The quantitative estimate of drug-likeness (QED) is 0.750. The van der Waals surface area contributed by atoms with Crippen molar-refractivity contribution >= 4 is 0 Å². The molecule has 0 bridgehead atoms. The third-order valence-electron chi connectivity index (χ3n) is 2.39. The van der Waals surface area contributed by atoms with Gasteiger partial charge in [0.05, 0.1) is 0 Å².